The van der Waals surface area contributed by atoms with Crippen molar-refractivity contribution in [2.45, 2.75) is 51.5 Å². The second-order valence-corrected chi connectivity index (χ2v) is 7.49. The van der Waals surface area contributed by atoms with E-state index in [-0.39, 0.29) is 0 Å². The fourth-order valence-electron chi connectivity index (χ4n) is 2.98. The van der Waals surface area contributed by atoms with Crippen LogP contribution >= 0.6 is 0 Å². The van der Waals surface area contributed by atoms with Crippen LogP contribution in [-0.2, 0) is 10.2 Å². The predicted octanol–water partition coefficient (Wildman–Crippen LogP) is 1.18. The third-order valence-electron chi connectivity index (χ3n) is 4.16. The molecule has 0 aliphatic carbocycles. The Bertz CT molecular complexity index is 358. The maximum Gasteiger partial charge on any atom is 0.282 e. The van der Waals surface area contributed by atoms with E-state index in [4.69, 9.17) is 0 Å². The molecule has 2 saturated heterocycles. The van der Waals surface area contributed by atoms with Crippen molar-refractivity contribution in [3.63, 3.8) is 0 Å². The smallest absolute Gasteiger partial charge is 0.282 e. The molecule has 0 bridgehead atoms. The van der Waals surface area contributed by atoms with E-state index in [1.165, 1.54) is 0 Å². The zero-order valence-corrected chi connectivity index (χ0v) is 12.8. The van der Waals surface area contributed by atoms with Gasteiger partial charge in [-0.15, -0.1) is 0 Å². The van der Waals surface area contributed by atoms with Crippen molar-refractivity contribution in [1.29, 1.82) is 0 Å². The maximum absolute atomic E-state index is 12.7. The van der Waals surface area contributed by atoms with Gasteiger partial charge in [0.15, 0.2) is 0 Å². The highest BCUT2D eigenvalue weighted by molar-refractivity contribution is 7.86. The summed E-state index contributed by atoms with van der Waals surface area (Å²) in [6.07, 6.45) is 6.56. The quantitative estimate of drug-likeness (QED) is 0.827. The number of nitrogens with one attached hydrogen (secondary N) is 1. The third kappa shape index (κ3) is 3.90. The molecule has 1 atom stereocenters. The molecular weight excluding hydrogens is 262 g/mol. The normalized spacial score (nSPS) is 26.7. The van der Waals surface area contributed by atoms with Gasteiger partial charge in [0.25, 0.3) is 10.2 Å². The second kappa shape index (κ2) is 7.02. The van der Waals surface area contributed by atoms with E-state index in [1.54, 1.807) is 8.61 Å². The van der Waals surface area contributed by atoms with E-state index in [9.17, 15) is 8.42 Å². The van der Waals surface area contributed by atoms with Gasteiger partial charge in [0, 0.05) is 32.2 Å². The summed E-state index contributed by atoms with van der Waals surface area (Å²) in [4.78, 5) is 0. The average molecular weight is 289 g/mol. The Morgan fingerprint density at radius 3 is 2.37 bits per heavy atom. The summed E-state index contributed by atoms with van der Waals surface area (Å²) >= 11 is 0. The third-order valence-corrected chi connectivity index (χ3v) is 6.23. The number of rotatable bonds is 5. The fraction of sp³-hybridized carbons (Fsp3) is 1.00. The summed E-state index contributed by atoms with van der Waals surface area (Å²) in [5, 5.41) is 3.38. The summed E-state index contributed by atoms with van der Waals surface area (Å²) in [6.45, 7) is 5.52. The number of hydrogen-bond donors (Lipinski definition) is 1. The van der Waals surface area contributed by atoms with Crippen LogP contribution < -0.4 is 5.32 Å². The molecule has 2 fully saturated rings. The van der Waals surface area contributed by atoms with E-state index < -0.39 is 10.2 Å². The highest BCUT2D eigenvalue weighted by Crippen LogP contribution is 2.18. The molecule has 0 aromatic rings. The molecule has 6 heteroatoms. The lowest BCUT2D eigenvalue weighted by Crippen LogP contribution is -2.48. The van der Waals surface area contributed by atoms with E-state index >= 15 is 0 Å². The molecule has 1 N–H and O–H groups in total. The van der Waals surface area contributed by atoms with E-state index in [0.717, 1.165) is 45.1 Å². The van der Waals surface area contributed by atoms with E-state index in [0.29, 0.717) is 32.2 Å². The van der Waals surface area contributed by atoms with Crippen molar-refractivity contribution >= 4 is 10.2 Å². The first-order valence-electron chi connectivity index (χ1n) is 7.63. The van der Waals surface area contributed by atoms with Crippen molar-refractivity contribution in [1.82, 2.24) is 13.9 Å². The lowest BCUT2D eigenvalue weighted by Gasteiger charge is -2.30. The van der Waals surface area contributed by atoms with Gasteiger partial charge in [-0.05, 0) is 32.2 Å². The van der Waals surface area contributed by atoms with Crippen LogP contribution in [0.2, 0.25) is 0 Å². The molecule has 0 amide bonds. The van der Waals surface area contributed by atoms with Crippen LogP contribution in [0.4, 0.5) is 0 Å². The minimum absolute atomic E-state index is 0.335. The average Bonchev–Trinajstić information content (AvgIpc) is 2.74. The first kappa shape index (κ1) is 15.2. The Kier molecular flexibility index (Phi) is 5.62. The Balaban J connectivity index is 2.01. The topological polar surface area (TPSA) is 52.7 Å². The standard InChI is InChI=1S/C13H27N3O2S/c1-2-15(12-13-8-7-9-14-13)19(17,18)16-10-5-3-4-6-11-16/h13-14H,2-12H2,1H3. The van der Waals surface area contributed by atoms with Gasteiger partial charge < -0.3 is 5.32 Å². The SMILES string of the molecule is CCN(CC1CCCN1)S(=O)(=O)N1CCCCCC1. The van der Waals surface area contributed by atoms with Crippen LogP contribution in [0.15, 0.2) is 0 Å². The highest BCUT2D eigenvalue weighted by Gasteiger charge is 2.31. The minimum Gasteiger partial charge on any atom is -0.313 e. The van der Waals surface area contributed by atoms with Gasteiger partial charge in [-0.25, -0.2) is 0 Å². The summed E-state index contributed by atoms with van der Waals surface area (Å²) in [6, 6.07) is 0.335. The van der Waals surface area contributed by atoms with Crippen LogP contribution in [0, 0.1) is 0 Å². The molecular formula is C13H27N3O2S. The molecule has 2 aliphatic rings. The highest BCUT2D eigenvalue weighted by atomic mass is 32.2. The van der Waals surface area contributed by atoms with E-state index in [2.05, 4.69) is 5.32 Å². The monoisotopic (exact) mass is 289 g/mol. The number of likely N-dealkylation sites (N-methyl/N-ethyl adjacent to an activating group) is 1. The van der Waals surface area contributed by atoms with Crippen molar-refractivity contribution in [2.75, 3.05) is 32.7 Å². The number of nitrogens with zero attached hydrogens (tertiary/aromatic N) is 2. The first-order valence-corrected chi connectivity index (χ1v) is 9.03. The first-order chi connectivity index (χ1) is 9.14. The molecule has 5 nitrogen and oxygen atoms in total. The number of hydrogen-bond acceptors (Lipinski definition) is 3. The summed E-state index contributed by atoms with van der Waals surface area (Å²) < 4.78 is 28.7. The minimum atomic E-state index is -3.26. The Hall–Kier alpha value is -0.170. The molecule has 2 heterocycles. The van der Waals surface area contributed by atoms with Gasteiger partial charge in [0.05, 0.1) is 0 Å². The van der Waals surface area contributed by atoms with Crippen molar-refractivity contribution in [2.24, 2.45) is 0 Å². The molecule has 0 radical (unpaired) electrons. The molecule has 2 aliphatic heterocycles. The molecule has 0 spiro atoms. The largest absolute Gasteiger partial charge is 0.313 e. The Labute approximate surface area is 117 Å². The van der Waals surface area contributed by atoms with Gasteiger partial charge in [0.2, 0.25) is 0 Å². The molecule has 0 aromatic heterocycles. The van der Waals surface area contributed by atoms with Crippen LogP contribution in [0.25, 0.3) is 0 Å². The predicted molar refractivity (Wildman–Crippen MR) is 77.2 cm³/mol. The lowest BCUT2D eigenvalue weighted by molar-refractivity contribution is 0.328. The van der Waals surface area contributed by atoms with Crippen LogP contribution in [0.1, 0.15) is 45.4 Å². The molecule has 2 rings (SSSR count). The van der Waals surface area contributed by atoms with Crippen molar-refractivity contribution in [3.05, 3.63) is 0 Å². The molecule has 19 heavy (non-hydrogen) atoms. The van der Waals surface area contributed by atoms with Crippen LogP contribution in [-0.4, -0.2) is 55.8 Å². The molecule has 0 aromatic carbocycles. The summed E-state index contributed by atoms with van der Waals surface area (Å²) in [5.41, 5.74) is 0. The second-order valence-electron chi connectivity index (χ2n) is 5.56. The van der Waals surface area contributed by atoms with Gasteiger partial charge >= 0.3 is 0 Å². The zero-order valence-electron chi connectivity index (χ0n) is 12.0. The Morgan fingerprint density at radius 2 is 1.84 bits per heavy atom. The molecule has 0 saturated carbocycles. The lowest BCUT2D eigenvalue weighted by atomic mass is 10.2. The van der Waals surface area contributed by atoms with Gasteiger partial charge in [-0.3, -0.25) is 0 Å². The van der Waals surface area contributed by atoms with E-state index in [1.807, 2.05) is 6.92 Å². The zero-order chi connectivity index (χ0) is 13.7. The van der Waals surface area contributed by atoms with Gasteiger partial charge in [-0.1, -0.05) is 19.8 Å². The fourth-order valence-corrected chi connectivity index (χ4v) is 4.72. The summed E-state index contributed by atoms with van der Waals surface area (Å²) in [5.74, 6) is 0. The van der Waals surface area contributed by atoms with Crippen molar-refractivity contribution in [3.8, 4) is 0 Å². The van der Waals surface area contributed by atoms with Crippen LogP contribution in [0.3, 0.4) is 0 Å². The van der Waals surface area contributed by atoms with Gasteiger partial charge in [-0.2, -0.15) is 17.0 Å². The molecule has 1 unspecified atom stereocenters. The van der Waals surface area contributed by atoms with Crippen molar-refractivity contribution < 1.29 is 8.42 Å². The molecule has 112 valence electrons. The Morgan fingerprint density at radius 1 is 1.16 bits per heavy atom. The van der Waals surface area contributed by atoms with Crippen LogP contribution in [0.5, 0.6) is 0 Å². The maximum atomic E-state index is 12.7. The summed E-state index contributed by atoms with van der Waals surface area (Å²) in [7, 11) is -3.26. The van der Waals surface area contributed by atoms with Gasteiger partial charge in [0.1, 0.15) is 0 Å².